The first-order valence-electron chi connectivity index (χ1n) is 5.43. The lowest BCUT2D eigenvalue weighted by Gasteiger charge is -2.12. The van der Waals surface area contributed by atoms with E-state index in [1.54, 1.807) is 0 Å². The summed E-state index contributed by atoms with van der Waals surface area (Å²) in [4.78, 5) is 12.7. The molecule has 0 aliphatic heterocycles. The summed E-state index contributed by atoms with van der Waals surface area (Å²) in [6, 6.07) is 4.40. The largest absolute Gasteiger partial charge is 0.348 e. The molecule has 1 saturated carbocycles. The molecule has 0 bridgehead atoms. The molecule has 1 aromatic rings. The second kappa shape index (κ2) is 5.17. The number of carbonyl (C=O) groups is 1. The first-order valence-corrected chi connectivity index (χ1v) is 6.62. The Hall–Kier alpha value is -0.580. The van der Waals surface area contributed by atoms with Gasteiger partial charge in [-0.15, -0.1) is 11.3 Å². The third-order valence-electron chi connectivity index (χ3n) is 2.53. The maximum atomic E-state index is 11.6. The molecule has 88 valence electrons. The summed E-state index contributed by atoms with van der Waals surface area (Å²) >= 11 is 7.35. The first kappa shape index (κ1) is 11.9. The summed E-state index contributed by atoms with van der Waals surface area (Å²) in [5.74, 6) is 0.0453. The number of hydrogen-bond donors (Lipinski definition) is 2. The molecule has 1 aliphatic carbocycles. The maximum absolute atomic E-state index is 11.6. The summed E-state index contributed by atoms with van der Waals surface area (Å²) in [6.45, 7) is 2.38. The fourth-order valence-corrected chi connectivity index (χ4v) is 2.51. The van der Waals surface area contributed by atoms with E-state index in [0.717, 1.165) is 9.21 Å². The minimum Gasteiger partial charge on any atom is -0.348 e. The van der Waals surface area contributed by atoms with Gasteiger partial charge < -0.3 is 10.6 Å². The van der Waals surface area contributed by atoms with E-state index in [-0.39, 0.29) is 11.9 Å². The van der Waals surface area contributed by atoms with Gasteiger partial charge in [-0.05, 0) is 31.9 Å². The Morgan fingerprint density at radius 2 is 2.38 bits per heavy atom. The van der Waals surface area contributed by atoms with Gasteiger partial charge in [0.25, 0.3) is 0 Å². The van der Waals surface area contributed by atoms with Crippen LogP contribution in [-0.2, 0) is 4.79 Å². The smallest absolute Gasteiger partial charge is 0.234 e. The fourth-order valence-electron chi connectivity index (χ4n) is 1.45. The molecule has 1 heterocycles. The zero-order chi connectivity index (χ0) is 11.5. The SMILES string of the molecule is CC(NC(=O)CNC1CC1)c1ccc(Cl)s1. The van der Waals surface area contributed by atoms with Crippen molar-refractivity contribution in [3.05, 3.63) is 21.3 Å². The second-order valence-corrected chi connectivity index (χ2v) is 5.83. The van der Waals surface area contributed by atoms with Crippen LogP contribution in [0, 0.1) is 0 Å². The van der Waals surface area contributed by atoms with E-state index >= 15 is 0 Å². The van der Waals surface area contributed by atoms with Gasteiger partial charge in [0, 0.05) is 10.9 Å². The zero-order valence-corrected chi connectivity index (χ0v) is 10.7. The number of hydrogen-bond acceptors (Lipinski definition) is 3. The Kier molecular flexibility index (Phi) is 3.84. The van der Waals surface area contributed by atoms with Gasteiger partial charge in [0.2, 0.25) is 5.91 Å². The normalized spacial score (nSPS) is 17.1. The minimum atomic E-state index is 0.0333. The van der Waals surface area contributed by atoms with Crippen molar-refractivity contribution < 1.29 is 4.79 Å². The third-order valence-corrected chi connectivity index (χ3v) is 3.94. The lowest BCUT2D eigenvalue weighted by Crippen LogP contribution is -2.35. The van der Waals surface area contributed by atoms with E-state index in [1.165, 1.54) is 24.2 Å². The van der Waals surface area contributed by atoms with Crippen LogP contribution in [0.3, 0.4) is 0 Å². The highest BCUT2D eigenvalue weighted by molar-refractivity contribution is 7.16. The van der Waals surface area contributed by atoms with Crippen LogP contribution in [0.2, 0.25) is 4.34 Å². The molecule has 1 unspecified atom stereocenters. The van der Waals surface area contributed by atoms with E-state index < -0.39 is 0 Å². The van der Waals surface area contributed by atoms with E-state index in [1.807, 2.05) is 19.1 Å². The summed E-state index contributed by atoms with van der Waals surface area (Å²) in [7, 11) is 0. The van der Waals surface area contributed by atoms with Crippen LogP contribution in [-0.4, -0.2) is 18.5 Å². The van der Waals surface area contributed by atoms with Gasteiger partial charge in [0.05, 0.1) is 16.9 Å². The lowest BCUT2D eigenvalue weighted by atomic mass is 10.3. The van der Waals surface area contributed by atoms with Crippen LogP contribution < -0.4 is 10.6 Å². The van der Waals surface area contributed by atoms with E-state index in [9.17, 15) is 4.79 Å². The van der Waals surface area contributed by atoms with Crippen LogP contribution >= 0.6 is 22.9 Å². The molecule has 3 nitrogen and oxygen atoms in total. The number of halogens is 1. The van der Waals surface area contributed by atoms with Gasteiger partial charge in [0.1, 0.15) is 0 Å². The van der Waals surface area contributed by atoms with Crippen molar-refractivity contribution in [2.75, 3.05) is 6.54 Å². The Morgan fingerprint density at radius 3 is 2.94 bits per heavy atom. The first-order chi connectivity index (χ1) is 7.65. The molecule has 16 heavy (non-hydrogen) atoms. The standard InChI is InChI=1S/C11H15ClN2OS/c1-7(9-4-5-10(12)16-9)14-11(15)6-13-8-2-3-8/h4-5,7-8,13H,2-3,6H2,1H3,(H,14,15). The summed E-state index contributed by atoms with van der Waals surface area (Å²) in [5, 5.41) is 6.13. The van der Waals surface area contributed by atoms with Crippen LogP contribution in [0.5, 0.6) is 0 Å². The lowest BCUT2D eigenvalue weighted by molar-refractivity contribution is -0.120. The highest BCUT2D eigenvalue weighted by atomic mass is 35.5. The third kappa shape index (κ3) is 3.47. The van der Waals surface area contributed by atoms with E-state index in [0.29, 0.717) is 12.6 Å². The number of rotatable bonds is 5. The van der Waals surface area contributed by atoms with Crippen molar-refractivity contribution in [2.45, 2.75) is 31.8 Å². The molecule has 1 fully saturated rings. The van der Waals surface area contributed by atoms with Crippen LogP contribution in [0.1, 0.15) is 30.7 Å². The van der Waals surface area contributed by atoms with Gasteiger partial charge in [-0.2, -0.15) is 0 Å². The summed E-state index contributed by atoms with van der Waals surface area (Å²) in [5.41, 5.74) is 0. The van der Waals surface area contributed by atoms with E-state index in [2.05, 4.69) is 10.6 Å². The van der Waals surface area contributed by atoms with Crippen molar-refractivity contribution in [1.29, 1.82) is 0 Å². The molecular weight excluding hydrogens is 244 g/mol. The van der Waals surface area contributed by atoms with Crippen LogP contribution in [0.15, 0.2) is 12.1 Å². The molecular formula is C11H15ClN2OS. The predicted octanol–water partition coefficient (Wildman–Crippen LogP) is 2.33. The molecule has 2 rings (SSSR count). The Morgan fingerprint density at radius 1 is 1.62 bits per heavy atom. The van der Waals surface area contributed by atoms with Crippen molar-refractivity contribution >= 4 is 28.8 Å². The Bertz CT molecular complexity index is 376. The monoisotopic (exact) mass is 258 g/mol. The van der Waals surface area contributed by atoms with Crippen molar-refractivity contribution in [3.8, 4) is 0 Å². The van der Waals surface area contributed by atoms with Crippen LogP contribution in [0.4, 0.5) is 0 Å². The quantitative estimate of drug-likeness (QED) is 0.851. The maximum Gasteiger partial charge on any atom is 0.234 e. The molecule has 0 radical (unpaired) electrons. The minimum absolute atomic E-state index is 0.0333. The van der Waals surface area contributed by atoms with Crippen molar-refractivity contribution in [3.63, 3.8) is 0 Å². The molecule has 0 saturated heterocycles. The average Bonchev–Trinajstić information content (AvgIpc) is 2.97. The van der Waals surface area contributed by atoms with Gasteiger partial charge in [-0.25, -0.2) is 0 Å². The molecule has 1 atom stereocenters. The number of carbonyl (C=O) groups excluding carboxylic acids is 1. The molecule has 1 aliphatic rings. The molecule has 1 amide bonds. The number of nitrogens with one attached hydrogen (secondary N) is 2. The zero-order valence-electron chi connectivity index (χ0n) is 9.13. The Labute approximate surface area is 104 Å². The molecule has 2 N–H and O–H groups in total. The average molecular weight is 259 g/mol. The Balaban J connectivity index is 1.76. The van der Waals surface area contributed by atoms with Gasteiger partial charge in [-0.3, -0.25) is 4.79 Å². The molecule has 1 aromatic heterocycles. The number of thiophene rings is 1. The van der Waals surface area contributed by atoms with Crippen LogP contribution in [0.25, 0.3) is 0 Å². The fraction of sp³-hybridized carbons (Fsp3) is 0.545. The van der Waals surface area contributed by atoms with Crippen molar-refractivity contribution in [2.24, 2.45) is 0 Å². The second-order valence-electron chi connectivity index (χ2n) is 4.09. The predicted molar refractivity (Wildman–Crippen MR) is 66.9 cm³/mol. The highest BCUT2D eigenvalue weighted by Gasteiger charge is 2.21. The molecule has 0 aromatic carbocycles. The molecule has 5 heteroatoms. The van der Waals surface area contributed by atoms with Gasteiger partial charge in [-0.1, -0.05) is 11.6 Å². The highest BCUT2D eigenvalue weighted by Crippen LogP contribution is 2.26. The van der Waals surface area contributed by atoms with Gasteiger partial charge in [0.15, 0.2) is 0 Å². The van der Waals surface area contributed by atoms with Gasteiger partial charge >= 0.3 is 0 Å². The summed E-state index contributed by atoms with van der Waals surface area (Å²) in [6.07, 6.45) is 2.40. The molecule has 0 spiro atoms. The topological polar surface area (TPSA) is 41.1 Å². The van der Waals surface area contributed by atoms with E-state index in [4.69, 9.17) is 11.6 Å². The summed E-state index contributed by atoms with van der Waals surface area (Å²) < 4.78 is 0.757. The number of amides is 1. The van der Waals surface area contributed by atoms with Crippen molar-refractivity contribution in [1.82, 2.24) is 10.6 Å².